The molecule has 0 bridgehead atoms. The summed E-state index contributed by atoms with van der Waals surface area (Å²) < 4.78 is 40.2. The third kappa shape index (κ3) is 6.43. The molecule has 0 atom stereocenters. The fourth-order valence-corrected chi connectivity index (χ4v) is 5.23. The van der Waals surface area contributed by atoms with Crippen LogP contribution in [0.15, 0.2) is 53.9 Å². The number of aromatic nitrogens is 1. The first-order valence-electron chi connectivity index (χ1n) is 9.30. The van der Waals surface area contributed by atoms with Crippen molar-refractivity contribution in [2.75, 3.05) is 0 Å². The van der Waals surface area contributed by atoms with Crippen LogP contribution in [0.3, 0.4) is 0 Å². The van der Waals surface area contributed by atoms with Gasteiger partial charge in [-0.3, -0.25) is 0 Å². The highest BCUT2D eigenvalue weighted by atomic mass is 32.2. The van der Waals surface area contributed by atoms with Crippen LogP contribution >= 0.6 is 11.3 Å². The predicted molar refractivity (Wildman–Crippen MR) is 115 cm³/mol. The summed E-state index contributed by atoms with van der Waals surface area (Å²) in [7, 11) is -3.38. The van der Waals surface area contributed by atoms with E-state index in [4.69, 9.17) is 0 Å². The van der Waals surface area contributed by atoms with E-state index in [0.29, 0.717) is 13.1 Å². The van der Waals surface area contributed by atoms with Gasteiger partial charge < -0.3 is 5.32 Å². The third-order valence-corrected chi connectivity index (χ3v) is 6.61. The van der Waals surface area contributed by atoms with Gasteiger partial charge in [0.05, 0.1) is 11.4 Å². The molecular weight excluding hydrogens is 409 g/mol. The van der Waals surface area contributed by atoms with Gasteiger partial charge in [-0.15, -0.1) is 11.3 Å². The van der Waals surface area contributed by atoms with E-state index >= 15 is 0 Å². The largest absolute Gasteiger partial charge is 0.307 e. The van der Waals surface area contributed by atoms with Crippen molar-refractivity contribution in [1.29, 1.82) is 0 Å². The lowest BCUT2D eigenvalue weighted by atomic mass is 10.1. The third-order valence-electron chi connectivity index (χ3n) is 4.14. The highest BCUT2D eigenvalue weighted by Gasteiger charge is 2.15. The van der Waals surface area contributed by atoms with Gasteiger partial charge in [0.1, 0.15) is 10.8 Å². The standard InChI is InChI=1S/C21H24FN3O2S2/c1-15(2)25-29(26,27)14-18-6-4-3-5-17(18)11-23-12-20-13-28-21(24-20)16-7-9-19(22)10-8-16/h3-10,13,15,23,25H,11-12,14H2,1-2H3. The molecule has 0 radical (unpaired) electrons. The van der Waals surface area contributed by atoms with Crippen LogP contribution in [0.2, 0.25) is 0 Å². The van der Waals surface area contributed by atoms with Crippen LogP contribution < -0.4 is 10.0 Å². The number of hydrogen-bond acceptors (Lipinski definition) is 5. The molecular formula is C21H24FN3O2S2. The molecule has 0 saturated heterocycles. The van der Waals surface area contributed by atoms with Gasteiger partial charge in [-0.25, -0.2) is 22.5 Å². The predicted octanol–water partition coefficient (Wildman–Crippen LogP) is 4.07. The zero-order valence-corrected chi connectivity index (χ0v) is 18.0. The highest BCUT2D eigenvalue weighted by molar-refractivity contribution is 7.88. The molecule has 1 heterocycles. The molecule has 5 nitrogen and oxygen atoms in total. The maximum absolute atomic E-state index is 13.1. The van der Waals surface area contributed by atoms with Crippen LogP contribution in [-0.4, -0.2) is 19.4 Å². The van der Waals surface area contributed by atoms with Crippen molar-refractivity contribution in [3.8, 4) is 10.6 Å². The number of hydrogen-bond donors (Lipinski definition) is 2. The van der Waals surface area contributed by atoms with Gasteiger partial charge in [0, 0.05) is 30.1 Å². The Balaban J connectivity index is 1.61. The maximum Gasteiger partial charge on any atom is 0.216 e. The van der Waals surface area contributed by atoms with Crippen molar-refractivity contribution < 1.29 is 12.8 Å². The summed E-state index contributed by atoms with van der Waals surface area (Å²) in [5.41, 5.74) is 3.49. The van der Waals surface area contributed by atoms with E-state index < -0.39 is 10.0 Å². The second-order valence-corrected chi connectivity index (χ2v) is 9.67. The highest BCUT2D eigenvalue weighted by Crippen LogP contribution is 2.24. The molecule has 0 aliphatic rings. The van der Waals surface area contributed by atoms with E-state index in [0.717, 1.165) is 27.4 Å². The van der Waals surface area contributed by atoms with Crippen LogP contribution in [0.5, 0.6) is 0 Å². The van der Waals surface area contributed by atoms with Crippen LogP contribution in [0.4, 0.5) is 4.39 Å². The Morgan fingerprint density at radius 3 is 2.41 bits per heavy atom. The van der Waals surface area contributed by atoms with E-state index in [1.165, 1.54) is 23.5 Å². The molecule has 29 heavy (non-hydrogen) atoms. The minimum absolute atomic E-state index is 0.0472. The average Bonchev–Trinajstić information content (AvgIpc) is 3.11. The summed E-state index contributed by atoms with van der Waals surface area (Å²) in [6.45, 7) is 4.71. The number of thiazole rings is 1. The lowest BCUT2D eigenvalue weighted by Gasteiger charge is -2.13. The van der Waals surface area contributed by atoms with Crippen LogP contribution in [0, 0.1) is 5.82 Å². The van der Waals surface area contributed by atoms with Gasteiger partial charge in [-0.1, -0.05) is 24.3 Å². The molecule has 0 amide bonds. The van der Waals surface area contributed by atoms with Gasteiger partial charge in [0.25, 0.3) is 0 Å². The number of rotatable bonds is 9. The SMILES string of the molecule is CC(C)NS(=O)(=O)Cc1ccccc1CNCc1csc(-c2ccc(F)cc2)n1. The van der Waals surface area contributed by atoms with Crippen molar-refractivity contribution in [2.24, 2.45) is 0 Å². The van der Waals surface area contributed by atoms with E-state index in [1.54, 1.807) is 26.0 Å². The summed E-state index contributed by atoms with van der Waals surface area (Å²) >= 11 is 1.51. The molecule has 0 aliphatic carbocycles. The van der Waals surface area contributed by atoms with E-state index in [-0.39, 0.29) is 17.6 Å². The van der Waals surface area contributed by atoms with Crippen molar-refractivity contribution in [1.82, 2.24) is 15.0 Å². The van der Waals surface area contributed by atoms with Crippen LogP contribution in [0.1, 0.15) is 30.7 Å². The Morgan fingerprint density at radius 2 is 1.72 bits per heavy atom. The Labute approximate surface area is 175 Å². The zero-order chi connectivity index (χ0) is 20.9. The molecule has 0 spiro atoms. The number of nitrogens with zero attached hydrogens (tertiary/aromatic N) is 1. The summed E-state index contributed by atoms with van der Waals surface area (Å²) in [5, 5.41) is 6.14. The summed E-state index contributed by atoms with van der Waals surface area (Å²) in [6, 6.07) is 13.7. The maximum atomic E-state index is 13.1. The molecule has 2 aromatic carbocycles. The van der Waals surface area contributed by atoms with Crippen LogP contribution in [0.25, 0.3) is 10.6 Å². The number of benzene rings is 2. The topological polar surface area (TPSA) is 71.1 Å². The van der Waals surface area contributed by atoms with Gasteiger partial charge in [0.15, 0.2) is 0 Å². The Morgan fingerprint density at radius 1 is 1.03 bits per heavy atom. The van der Waals surface area contributed by atoms with E-state index in [9.17, 15) is 12.8 Å². The normalized spacial score (nSPS) is 11.9. The second kappa shape index (κ2) is 9.58. The first kappa shape index (κ1) is 21.6. The molecule has 0 unspecified atom stereocenters. The molecule has 0 fully saturated rings. The van der Waals surface area contributed by atoms with Gasteiger partial charge in [-0.05, 0) is 49.2 Å². The Hall–Kier alpha value is -2.13. The monoisotopic (exact) mass is 433 g/mol. The number of halogens is 1. The second-order valence-electron chi connectivity index (χ2n) is 7.05. The Bertz CT molecular complexity index is 1050. The summed E-state index contributed by atoms with van der Waals surface area (Å²) in [6.07, 6.45) is 0. The molecule has 8 heteroatoms. The van der Waals surface area contributed by atoms with E-state index in [1.807, 2.05) is 29.6 Å². The lowest BCUT2D eigenvalue weighted by molar-refractivity contribution is 0.568. The summed E-state index contributed by atoms with van der Waals surface area (Å²) in [4.78, 5) is 4.58. The first-order chi connectivity index (χ1) is 13.8. The van der Waals surface area contributed by atoms with Gasteiger partial charge in [-0.2, -0.15) is 0 Å². The molecule has 3 rings (SSSR count). The fourth-order valence-electron chi connectivity index (χ4n) is 2.91. The molecule has 0 aliphatic heterocycles. The average molecular weight is 434 g/mol. The van der Waals surface area contributed by atoms with Gasteiger partial charge in [0.2, 0.25) is 10.0 Å². The smallest absolute Gasteiger partial charge is 0.216 e. The number of sulfonamides is 1. The summed E-state index contributed by atoms with van der Waals surface area (Å²) in [5.74, 6) is -0.314. The minimum Gasteiger partial charge on any atom is -0.307 e. The van der Waals surface area contributed by atoms with Crippen molar-refractivity contribution in [2.45, 2.75) is 38.7 Å². The van der Waals surface area contributed by atoms with Crippen molar-refractivity contribution in [3.63, 3.8) is 0 Å². The van der Waals surface area contributed by atoms with E-state index in [2.05, 4.69) is 15.0 Å². The molecule has 2 N–H and O–H groups in total. The van der Waals surface area contributed by atoms with Crippen molar-refractivity contribution in [3.05, 3.63) is 76.5 Å². The quantitative estimate of drug-likeness (QED) is 0.534. The number of nitrogens with one attached hydrogen (secondary N) is 2. The zero-order valence-electron chi connectivity index (χ0n) is 16.4. The minimum atomic E-state index is -3.38. The Kier molecular flexibility index (Phi) is 7.13. The molecule has 154 valence electrons. The molecule has 1 aromatic heterocycles. The molecule has 0 saturated carbocycles. The first-order valence-corrected chi connectivity index (χ1v) is 11.8. The van der Waals surface area contributed by atoms with Crippen LogP contribution in [-0.2, 0) is 28.9 Å². The van der Waals surface area contributed by atoms with Gasteiger partial charge >= 0.3 is 0 Å². The molecule has 3 aromatic rings. The van der Waals surface area contributed by atoms with Crippen molar-refractivity contribution >= 4 is 21.4 Å². The lowest BCUT2D eigenvalue weighted by Crippen LogP contribution is -2.31. The fraction of sp³-hybridized carbons (Fsp3) is 0.286.